The second-order valence-corrected chi connectivity index (χ2v) is 26.6. The Balaban J connectivity index is 0.653. The monoisotopic (exact) mass is 1310 g/mol. The van der Waals surface area contributed by atoms with Crippen molar-refractivity contribution in [3.63, 3.8) is 0 Å². The number of esters is 3. The second kappa shape index (κ2) is 32.3. The van der Waals surface area contributed by atoms with Crippen molar-refractivity contribution in [2.75, 3.05) is 106 Å². The van der Waals surface area contributed by atoms with E-state index < -0.39 is 47.0 Å². The number of pyridine rings is 1. The zero-order valence-electron chi connectivity index (χ0n) is 56.5. The smallest absolute Gasteiger partial charge is 0.339 e. The van der Waals surface area contributed by atoms with Crippen LogP contribution in [0, 0.1) is 0 Å². The summed E-state index contributed by atoms with van der Waals surface area (Å²) in [5.41, 5.74) is 8.27. The Kier molecular flexibility index (Phi) is 24.0. The zero-order valence-corrected chi connectivity index (χ0v) is 56.5. The van der Waals surface area contributed by atoms with Gasteiger partial charge in [0.2, 0.25) is 0 Å². The highest BCUT2D eigenvalue weighted by Crippen LogP contribution is 2.47. The number of hydrogen-bond donors (Lipinski definition) is 0. The maximum Gasteiger partial charge on any atom is 0.339 e. The molecule has 96 heavy (non-hydrogen) atoms. The van der Waals surface area contributed by atoms with Gasteiger partial charge in [0.15, 0.2) is 0 Å². The first kappa shape index (κ1) is 71.5. The molecule has 4 amide bonds. The summed E-state index contributed by atoms with van der Waals surface area (Å²) in [7, 11) is 0. The van der Waals surface area contributed by atoms with Crippen molar-refractivity contribution in [1.29, 1.82) is 0 Å². The van der Waals surface area contributed by atoms with Crippen molar-refractivity contribution in [3.05, 3.63) is 213 Å². The molecular formula is C77H87N3O16. The number of aromatic nitrogens is 1. The molecule has 0 atom stereocenters. The Morgan fingerprint density at radius 2 is 0.677 bits per heavy atom. The molecule has 9 rings (SSSR count). The lowest BCUT2D eigenvalue weighted by Crippen LogP contribution is -2.45. The molecule has 0 bridgehead atoms. The van der Waals surface area contributed by atoms with Crippen molar-refractivity contribution in [1.82, 2.24) is 14.8 Å². The molecule has 0 unspecified atom stereocenters. The van der Waals surface area contributed by atoms with E-state index in [1.54, 1.807) is 18.3 Å². The number of carbonyl (C=O) groups is 7. The number of nitrogens with zero attached hydrogens (tertiary/aromatic N) is 3. The highest BCUT2D eigenvalue weighted by molar-refractivity contribution is 6.33. The van der Waals surface area contributed by atoms with Crippen LogP contribution in [0.4, 0.5) is 0 Å². The highest BCUT2D eigenvalue weighted by atomic mass is 16.6. The molecule has 0 fully saturated rings. The third kappa shape index (κ3) is 17.4. The lowest BCUT2D eigenvalue weighted by atomic mass is 9.64. The standard InChI is InChI=1S/C77H87N3O16/c1-74(2,3)53-12-18-56(19-13-53)77(57-20-14-54(15-21-57)75(4,5)6,58-22-16-55(17-23-58)76(7,8)9)59-24-26-60(27-25-59)96-66(82)33-32-65(81)94-49-47-92-45-43-90-41-39-88-37-35-79-69(83)61-28-30-63-68-64(31-29-62(67(61)68)70(79)84)72(86)80(71(63)85)36-38-89-40-42-91-44-46-93-48-50-95-73(87)52-11-10-34-78-51-52/h10-31,34,51H,32-33,35-50H2,1-9H3. The first-order valence-corrected chi connectivity index (χ1v) is 32.6. The molecule has 1 aromatic heterocycles. The third-order valence-corrected chi connectivity index (χ3v) is 16.9. The molecule has 0 saturated carbocycles. The Morgan fingerprint density at radius 1 is 0.365 bits per heavy atom. The fourth-order valence-corrected chi connectivity index (χ4v) is 11.6. The molecule has 19 heteroatoms. The predicted molar refractivity (Wildman–Crippen MR) is 361 cm³/mol. The first-order chi connectivity index (χ1) is 46.0. The van der Waals surface area contributed by atoms with Crippen LogP contribution in [-0.4, -0.2) is 162 Å². The summed E-state index contributed by atoms with van der Waals surface area (Å²) in [5, 5.41) is 0.530. The van der Waals surface area contributed by atoms with E-state index in [4.69, 9.17) is 42.6 Å². The van der Waals surface area contributed by atoms with Crippen LogP contribution < -0.4 is 4.74 Å². The van der Waals surface area contributed by atoms with Crippen LogP contribution in [0.1, 0.15) is 166 Å². The average Bonchev–Trinajstić information content (AvgIpc) is 0.710. The number of carbonyl (C=O) groups excluding carboxylic acids is 7. The maximum absolute atomic E-state index is 13.8. The van der Waals surface area contributed by atoms with Crippen LogP contribution in [0.2, 0.25) is 0 Å². The number of benzene rings is 6. The normalized spacial score (nSPS) is 13.4. The van der Waals surface area contributed by atoms with Gasteiger partial charge in [0.1, 0.15) is 19.0 Å². The van der Waals surface area contributed by atoms with Gasteiger partial charge in [-0.3, -0.25) is 43.6 Å². The first-order valence-electron chi connectivity index (χ1n) is 32.6. The van der Waals surface area contributed by atoms with Gasteiger partial charge in [0.05, 0.1) is 116 Å². The van der Waals surface area contributed by atoms with Gasteiger partial charge in [-0.2, -0.15) is 0 Å². The fourth-order valence-electron chi connectivity index (χ4n) is 11.6. The average molecular weight is 1310 g/mol. The van der Waals surface area contributed by atoms with Crippen molar-refractivity contribution in [2.24, 2.45) is 0 Å². The maximum atomic E-state index is 13.8. The van der Waals surface area contributed by atoms with Crippen LogP contribution in [-0.2, 0) is 69.1 Å². The van der Waals surface area contributed by atoms with E-state index in [1.165, 1.54) is 47.2 Å². The van der Waals surface area contributed by atoms with Crippen molar-refractivity contribution in [3.8, 4) is 5.75 Å². The minimum absolute atomic E-state index is 0.0191. The predicted octanol–water partition coefficient (Wildman–Crippen LogP) is 11.6. The molecule has 0 radical (unpaired) electrons. The van der Waals surface area contributed by atoms with E-state index in [2.05, 4.69) is 140 Å². The number of hydrogen-bond acceptors (Lipinski definition) is 17. The van der Waals surface area contributed by atoms with Gasteiger partial charge in [0, 0.05) is 45.4 Å². The van der Waals surface area contributed by atoms with Gasteiger partial charge < -0.3 is 42.6 Å². The Bertz CT molecular complexity index is 3640. The minimum Gasteiger partial charge on any atom is -0.463 e. The quantitative estimate of drug-likeness (QED) is 0.0123. The van der Waals surface area contributed by atoms with Crippen molar-refractivity contribution in [2.45, 2.75) is 96.8 Å². The van der Waals surface area contributed by atoms with Gasteiger partial charge in [0.25, 0.3) is 23.6 Å². The summed E-state index contributed by atoms with van der Waals surface area (Å²) in [5.74, 6) is -3.52. The van der Waals surface area contributed by atoms with E-state index in [0.29, 0.717) is 11.3 Å². The molecule has 0 aliphatic carbocycles. The summed E-state index contributed by atoms with van der Waals surface area (Å²) >= 11 is 0. The molecule has 0 saturated heterocycles. The molecule has 19 nitrogen and oxygen atoms in total. The lowest BCUT2D eigenvalue weighted by Gasteiger charge is -2.38. The van der Waals surface area contributed by atoms with Crippen LogP contribution in [0.25, 0.3) is 10.8 Å². The molecule has 0 N–H and O–H groups in total. The summed E-state index contributed by atoms with van der Waals surface area (Å²) < 4.78 is 49.7. The highest BCUT2D eigenvalue weighted by Gasteiger charge is 2.41. The zero-order chi connectivity index (χ0) is 68.6. The molecule has 0 spiro atoms. The van der Waals surface area contributed by atoms with Gasteiger partial charge in [-0.1, -0.05) is 147 Å². The minimum atomic E-state index is -0.741. The molecule has 3 heterocycles. The van der Waals surface area contributed by atoms with E-state index >= 15 is 0 Å². The van der Waals surface area contributed by atoms with E-state index in [0.717, 1.165) is 32.1 Å². The van der Waals surface area contributed by atoms with Crippen LogP contribution in [0.5, 0.6) is 5.75 Å². The van der Waals surface area contributed by atoms with E-state index in [1.807, 2.05) is 24.3 Å². The van der Waals surface area contributed by atoms with Gasteiger partial charge in [-0.15, -0.1) is 0 Å². The van der Waals surface area contributed by atoms with Crippen LogP contribution in [0.3, 0.4) is 0 Å². The fraction of sp³-hybridized carbons (Fsp3) is 0.403. The molecule has 2 aliphatic rings. The molecule has 2 aliphatic heterocycles. The van der Waals surface area contributed by atoms with Gasteiger partial charge in [-0.05, 0) is 104 Å². The summed E-state index contributed by atoms with van der Waals surface area (Å²) in [6.45, 7) is 22.1. The summed E-state index contributed by atoms with van der Waals surface area (Å²) in [4.78, 5) is 98.8. The van der Waals surface area contributed by atoms with Gasteiger partial charge >= 0.3 is 17.9 Å². The van der Waals surface area contributed by atoms with Gasteiger partial charge in [-0.25, -0.2) is 4.79 Å². The number of ether oxygens (including phenoxy) is 9. The van der Waals surface area contributed by atoms with E-state index in [9.17, 15) is 33.6 Å². The lowest BCUT2D eigenvalue weighted by molar-refractivity contribution is -0.148. The molecule has 6 aromatic carbocycles. The Labute approximate surface area is 561 Å². The van der Waals surface area contributed by atoms with Crippen LogP contribution >= 0.6 is 0 Å². The topological polar surface area (TPSA) is 222 Å². The Morgan fingerprint density at radius 3 is 1.02 bits per heavy atom. The molecular weight excluding hydrogens is 1220 g/mol. The van der Waals surface area contributed by atoms with E-state index in [-0.39, 0.29) is 168 Å². The third-order valence-electron chi connectivity index (χ3n) is 16.9. The SMILES string of the molecule is CC(C)(C)c1ccc(C(c2ccc(OC(=O)CCC(=O)OCCOCCOCCOCCN3C(=O)c4ccc5c6c(ccc(c46)C3=O)C(=O)N(CCOCCOCCOCCOC(=O)c3cccnc3)C5=O)cc2)(c2ccc(C(C)(C)C)cc2)c2ccc(C(C)(C)C)cc2)cc1. The Hall–Kier alpha value is -8.82. The van der Waals surface area contributed by atoms with Crippen LogP contribution in [0.15, 0.2) is 146 Å². The largest absolute Gasteiger partial charge is 0.463 e. The van der Waals surface area contributed by atoms with Crippen molar-refractivity contribution >= 4 is 52.3 Å². The summed E-state index contributed by atoms with van der Waals surface area (Å²) in [6.07, 6.45) is 2.64. The molecule has 7 aromatic rings. The number of imide groups is 2. The summed E-state index contributed by atoms with van der Waals surface area (Å²) in [6, 6.07) is 43.7. The number of rotatable bonds is 33. The molecule has 506 valence electrons. The second-order valence-electron chi connectivity index (χ2n) is 26.6. The number of amides is 4. The van der Waals surface area contributed by atoms with Crippen molar-refractivity contribution < 1.29 is 76.2 Å².